The molecule has 1 aliphatic carbocycles. The molecule has 2 fully saturated rings. The van der Waals surface area contributed by atoms with Gasteiger partial charge in [-0.25, -0.2) is 21.9 Å². The van der Waals surface area contributed by atoms with Crippen LogP contribution >= 0.6 is 0 Å². The maximum Gasteiger partial charge on any atom is 0.249 e. The molecular weight excluding hydrogens is 422 g/mol. The van der Waals surface area contributed by atoms with E-state index < -0.39 is 46.8 Å². The van der Waals surface area contributed by atoms with Crippen LogP contribution in [0.4, 0.5) is 8.78 Å². The molecule has 8 heteroatoms. The number of halogens is 2. The quantitative estimate of drug-likeness (QED) is 0.736. The van der Waals surface area contributed by atoms with Crippen LogP contribution in [-0.2, 0) is 21.2 Å². The van der Waals surface area contributed by atoms with E-state index in [2.05, 4.69) is 4.72 Å². The van der Waals surface area contributed by atoms with Gasteiger partial charge in [0.2, 0.25) is 21.9 Å². The van der Waals surface area contributed by atoms with Gasteiger partial charge in [0.1, 0.15) is 0 Å². The fourth-order valence-corrected chi connectivity index (χ4v) is 5.44. The molecule has 5 nitrogen and oxygen atoms in total. The van der Waals surface area contributed by atoms with Crippen LogP contribution in [0.15, 0.2) is 54.6 Å². The molecule has 2 aliphatic rings. The summed E-state index contributed by atoms with van der Waals surface area (Å²) in [5.74, 6) is -3.76. The van der Waals surface area contributed by atoms with E-state index >= 15 is 0 Å². The van der Waals surface area contributed by atoms with Gasteiger partial charge in [-0.2, -0.15) is 0 Å². The van der Waals surface area contributed by atoms with Gasteiger partial charge in [-0.1, -0.05) is 54.6 Å². The largest absolute Gasteiger partial charge is 0.337 e. The third kappa shape index (κ3) is 5.13. The van der Waals surface area contributed by atoms with Gasteiger partial charge in [0.05, 0.1) is 12.3 Å². The average molecular weight is 449 g/mol. The first-order valence-corrected chi connectivity index (χ1v) is 12.3. The van der Waals surface area contributed by atoms with Crippen LogP contribution in [0.1, 0.15) is 24.8 Å². The molecule has 4 rings (SSSR count). The zero-order valence-electron chi connectivity index (χ0n) is 17.3. The molecule has 1 saturated carbocycles. The Balaban J connectivity index is 1.57. The van der Waals surface area contributed by atoms with Gasteiger partial charge in [0, 0.05) is 31.3 Å². The minimum Gasteiger partial charge on any atom is -0.337 e. The number of carbonyl (C=O) groups excluding carboxylic acids is 1. The molecule has 0 unspecified atom stereocenters. The highest BCUT2D eigenvalue weighted by Gasteiger charge is 2.51. The van der Waals surface area contributed by atoms with Gasteiger partial charge in [-0.3, -0.25) is 4.79 Å². The van der Waals surface area contributed by atoms with Crippen LogP contribution in [0.5, 0.6) is 0 Å². The number of amides is 1. The maximum atomic E-state index is 13.3. The Bertz CT molecular complexity index is 1050. The first-order chi connectivity index (χ1) is 14.6. The number of hydrogen-bond acceptors (Lipinski definition) is 3. The summed E-state index contributed by atoms with van der Waals surface area (Å²) in [6.45, 7) is 0.358. The van der Waals surface area contributed by atoms with Crippen molar-refractivity contribution in [3.05, 3.63) is 60.2 Å². The van der Waals surface area contributed by atoms with Crippen LogP contribution < -0.4 is 4.72 Å². The molecule has 0 spiro atoms. The van der Waals surface area contributed by atoms with Crippen molar-refractivity contribution >= 4 is 15.9 Å². The Labute approximate surface area is 181 Å². The number of nitrogens with one attached hydrogen (secondary N) is 1. The number of rotatable bonds is 6. The van der Waals surface area contributed by atoms with Crippen molar-refractivity contribution in [1.82, 2.24) is 9.62 Å². The SMILES string of the molecule is CS(=O)(=O)N[C@H]1CCN(C(=O)C2CC(F)(F)C2)[C@H]1Cc1cccc(-c2ccccc2)c1. The lowest BCUT2D eigenvalue weighted by Gasteiger charge is -2.38. The van der Waals surface area contributed by atoms with Crippen molar-refractivity contribution in [2.75, 3.05) is 12.8 Å². The highest BCUT2D eigenvalue weighted by molar-refractivity contribution is 7.88. The summed E-state index contributed by atoms with van der Waals surface area (Å²) < 4.78 is 53.0. The summed E-state index contributed by atoms with van der Waals surface area (Å²) in [5, 5.41) is 0. The molecule has 1 heterocycles. The summed E-state index contributed by atoms with van der Waals surface area (Å²) >= 11 is 0. The average Bonchev–Trinajstić information content (AvgIpc) is 3.07. The third-order valence-corrected chi connectivity index (χ3v) is 6.84. The van der Waals surface area contributed by atoms with Crippen LogP contribution in [0.2, 0.25) is 0 Å². The smallest absolute Gasteiger partial charge is 0.249 e. The summed E-state index contributed by atoms with van der Waals surface area (Å²) in [7, 11) is -3.47. The van der Waals surface area contributed by atoms with E-state index in [9.17, 15) is 22.0 Å². The first-order valence-electron chi connectivity index (χ1n) is 10.4. The molecule has 31 heavy (non-hydrogen) atoms. The number of nitrogens with zero attached hydrogens (tertiary/aromatic N) is 1. The lowest BCUT2D eigenvalue weighted by atomic mass is 9.80. The molecule has 1 aliphatic heterocycles. The summed E-state index contributed by atoms with van der Waals surface area (Å²) in [4.78, 5) is 14.5. The van der Waals surface area contributed by atoms with Gasteiger partial charge < -0.3 is 4.90 Å². The highest BCUT2D eigenvalue weighted by atomic mass is 32.2. The molecule has 2 aromatic rings. The number of likely N-dealkylation sites (tertiary alicyclic amines) is 1. The fourth-order valence-electron chi connectivity index (χ4n) is 4.61. The van der Waals surface area contributed by atoms with E-state index in [4.69, 9.17) is 0 Å². The van der Waals surface area contributed by atoms with Gasteiger partial charge in [-0.15, -0.1) is 0 Å². The monoisotopic (exact) mass is 448 g/mol. The Morgan fingerprint density at radius 2 is 1.77 bits per heavy atom. The second-order valence-electron chi connectivity index (χ2n) is 8.62. The number of sulfonamides is 1. The molecule has 2 aromatic carbocycles. The maximum absolute atomic E-state index is 13.3. The Morgan fingerprint density at radius 3 is 2.42 bits per heavy atom. The van der Waals surface area contributed by atoms with E-state index in [0.717, 1.165) is 22.9 Å². The molecule has 1 amide bonds. The standard InChI is InChI=1S/C23H26F2N2O3S/c1-31(29,30)26-20-10-11-27(22(28)19-14-23(24,25)15-19)21(20)13-16-6-5-9-18(12-16)17-7-3-2-4-8-17/h2-9,12,19-21,26H,10-11,13-15H2,1H3/t20-,21-/m0/s1. The number of alkyl halides is 2. The zero-order chi connectivity index (χ0) is 22.2. The normalized spacial score (nSPS) is 23.5. The summed E-state index contributed by atoms with van der Waals surface area (Å²) in [5.41, 5.74) is 3.05. The van der Waals surface area contributed by atoms with E-state index in [1.54, 1.807) is 4.90 Å². The molecule has 166 valence electrons. The predicted octanol–water partition coefficient (Wildman–Crippen LogP) is 3.46. The lowest BCUT2D eigenvalue weighted by molar-refractivity contribution is -0.160. The molecular formula is C23H26F2N2O3S. The van der Waals surface area contributed by atoms with E-state index in [0.29, 0.717) is 19.4 Å². The van der Waals surface area contributed by atoms with Gasteiger partial charge in [0.25, 0.3) is 0 Å². The third-order valence-electron chi connectivity index (χ3n) is 6.11. The number of benzene rings is 2. The minimum absolute atomic E-state index is 0.298. The predicted molar refractivity (Wildman–Crippen MR) is 115 cm³/mol. The molecule has 2 atom stereocenters. The van der Waals surface area contributed by atoms with Crippen molar-refractivity contribution in [3.63, 3.8) is 0 Å². The Kier molecular flexibility index (Phi) is 5.87. The number of carbonyl (C=O) groups is 1. The topological polar surface area (TPSA) is 66.5 Å². The second kappa shape index (κ2) is 8.31. The van der Waals surface area contributed by atoms with Crippen LogP contribution in [0.3, 0.4) is 0 Å². The van der Waals surface area contributed by atoms with E-state index in [-0.39, 0.29) is 5.91 Å². The van der Waals surface area contributed by atoms with Crippen LogP contribution in [0, 0.1) is 5.92 Å². The van der Waals surface area contributed by atoms with Crippen molar-refractivity contribution in [3.8, 4) is 11.1 Å². The first kappa shape index (κ1) is 21.9. The Hall–Kier alpha value is -2.32. The summed E-state index contributed by atoms with van der Waals surface area (Å²) in [6.07, 6.45) is 1.15. The lowest BCUT2D eigenvalue weighted by Crippen LogP contribution is -2.52. The van der Waals surface area contributed by atoms with E-state index in [1.165, 1.54) is 0 Å². The zero-order valence-corrected chi connectivity index (χ0v) is 18.1. The summed E-state index contributed by atoms with van der Waals surface area (Å²) in [6, 6.07) is 16.9. The molecule has 0 aromatic heterocycles. The van der Waals surface area contributed by atoms with Crippen molar-refractivity contribution in [2.24, 2.45) is 5.92 Å². The van der Waals surface area contributed by atoms with E-state index in [1.807, 2.05) is 54.6 Å². The molecule has 1 saturated heterocycles. The highest BCUT2D eigenvalue weighted by Crippen LogP contribution is 2.44. The van der Waals surface area contributed by atoms with Gasteiger partial charge in [-0.05, 0) is 29.5 Å². The van der Waals surface area contributed by atoms with Crippen molar-refractivity contribution < 1.29 is 22.0 Å². The van der Waals surface area contributed by atoms with Crippen molar-refractivity contribution in [1.29, 1.82) is 0 Å². The van der Waals surface area contributed by atoms with Crippen LogP contribution in [-0.4, -0.2) is 50.0 Å². The van der Waals surface area contributed by atoms with Gasteiger partial charge in [0.15, 0.2) is 0 Å². The Morgan fingerprint density at radius 1 is 1.10 bits per heavy atom. The molecule has 1 N–H and O–H groups in total. The fraction of sp³-hybridized carbons (Fsp3) is 0.435. The molecule has 0 radical (unpaired) electrons. The minimum atomic E-state index is -3.47. The van der Waals surface area contributed by atoms with Gasteiger partial charge >= 0.3 is 0 Å². The van der Waals surface area contributed by atoms with Crippen molar-refractivity contribution in [2.45, 2.75) is 43.7 Å². The number of hydrogen-bond donors (Lipinski definition) is 1. The second-order valence-corrected chi connectivity index (χ2v) is 10.4. The van der Waals surface area contributed by atoms with Crippen LogP contribution in [0.25, 0.3) is 11.1 Å². The molecule has 0 bridgehead atoms.